The standard InChI is InChI=1S/C15H22N4O2S.ClH/c1-10(2)15(3,9-16)18-12(20)6-7-13-17-14(19-21-13)11-5-4-8-22-11;/h4-5,8,10H,6-7,9,16H2,1-3H3,(H,18,20);1H. The minimum Gasteiger partial charge on any atom is -0.349 e. The van der Waals surface area contributed by atoms with Gasteiger partial charge < -0.3 is 15.6 Å². The van der Waals surface area contributed by atoms with Gasteiger partial charge in [0.05, 0.1) is 10.4 Å². The number of rotatable bonds is 7. The molecular weight excluding hydrogens is 336 g/mol. The van der Waals surface area contributed by atoms with E-state index in [0.29, 0.717) is 31.1 Å². The number of aromatic nitrogens is 2. The van der Waals surface area contributed by atoms with Crippen LogP contribution in [-0.2, 0) is 11.2 Å². The van der Waals surface area contributed by atoms with E-state index in [1.165, 1.54) is 0 Å². The average Bonchev–Trinajstić information content (AvgIpc) is 3.15. The number of hydrogen-bond acceptors (Lipinski definition) is 6. The largest absolute Gasteiger partial charge is 0.349 e. The van der Waals surface area contributed by atoms with Crippen molar-refractivity contribution in [3.05, 3.63) is 23.4 Å². The first-order valence-electron chi connectivity index (χ1n) is 7.32. The molecule has 2 rings (SSSR count). The Kier molecular flexibility index (Phi) is 7.18. The zero-order valence-corrected chi connectivity index (χ0v) is 15.2. The number of aryl methyl sites for hydroxylation is 1. The molecular formula is C15H23ClN4O2S. The van der Waals surface area contributed by atoms with Gasteiger partial charge in [-0.2, -0.15) is 4.98 Å². The first kappa shape index (κ1) is 19.6. The van der Waals surface area contributed by atoms with Gasteiger partial charge in [-0.3, -0.25) is 4.79 Å². The van der Waals surface area contributed by atoms with Crippen molar-refractivity contribution in [1.82, 2.24) is 15.5 Å². The Balaban J connectivity index is 0.00000264. The molecule has 0 aromatic carbocycles. The van der Waals surface area contributed by atoms with Gasteiger partial charge in [0, 0.05) is 19.4 Å². The Morgan fingerprint density at radius 1 is 1.52 bits per heavy atom. The molecule has 2 heterocycles. The average molecular weight is 359 g/mol. The maximum Gasteiger partial charge on any atom is 0.227 e. The minimum atomic E-state index is -0.395. The number of nitrogens with one attached hydrogen (secondary N) is 1. The van der Waals surface area contributed by atoms with E-state index in [1.54, 1.807) is 11.3 Å². The molecule has 0 saturated carbocycles. The summed E-state index contributed by atoms with van der Waals surface area (Å²) in [6, 6.07) is 3.87. The van der Waals surface area contributed by atoms with Crippen LogP contribution in [0, 0.1) is 5.92 Å². The molecule has 0 spiro atoms. The van der Waals surface area contributed by atoms with Crippen LogP contribution in [0.2, 0.25) is 0 Å². The number of halogens is 1. The summed E-state index contributed by atoms with van der Waals surface area (Å²) in [5.41, 5.74) is 5.37. The van der Waals surface area contributed by atoms with Gasteiger partial charge in [-0.05, 0) is 24.3 Å². The van der Waals surface area contributed by atoms with Crippen molar-refractivity contribution in [2.75, 3.05) is 6.54 Å². The van der Waals surface area contributed by atoms with Crippen LogP contribution in [0.3, 0.4) is 0 Å². The third kappa shape index (κ3) is 5.02. The fourth-order valence-electron chi connectivity index (χ4n) is 1.89. The van der Waals surface area contributed by atoms with Crippen LogP contribution in [0.1, 0.15) is 33.1 Å². The fourth-order valence-corrected chi connectivity index (χ4v) is 2.54. The van der Waals surface area contributed by atoms with Crippen LogP contribution in [-0.4, -0.2) is 28.1 Å². The smallest absolute Gasteiger partial charge is 0.227 e. The highest BCUT2D eigenvalue weighted by Gasteiger charge is 2.28. The number of carbonyl (C=O) groups is 1. The van der Waals surface area contributed by atoms with Crippen LogP contribution in [0.5, 0.6) is 0 Å². The van der Waals surface area contributed by atoms with E-state index in [2.05, 4.69) is 15.5 Å². The van der Waals surface area contributed by atoms with E-state index < -0.39 is 5.54 Å². The molecule has 8 heteroatoms. The molecule has 3 N–H and O–H groups in total. The second-order valence-corrected chi connectivity index (χ2v) is 6.76. The van der Waals surface area contributed by atoms with E-state index in [0.717, 1.165) is 4.88 Å². The van der Waals surface area contributed by atoms with Crippen LogP contribution in [0.15, 0.2) is 22.0 Å². The monoisotopic (exact) mass is 358 g/mol. The van der Waals surface area contributed by atoms with E-state index >= 15 is 0 Å². The SMILES string of the molecule is CC(C)C(C)(CN)NC(=O)CCc1nc(-c2cccs2)no1.Cl. The van der Waals surface area contributed by atoms with E-state index in [1.807, 2.05) is 38.3 Å². The Bertz CT molecular complexity index is 615. The molecule has 1 atom stereocenters. The number of thiophene rings is 1. The fraction of sp³-hybridized carbons (Fsp3) is 0.533. The Labute approximate surface area is 146 Å². The molecule has 2 aromatic rings. The predicted molar refractivity (Wildman–Crippen MR) is 93.6 cm³/mol. The summed E-state index contributed by atoms with van der Waals surface area (Å²) >= 11 is 1.55. The van der Waals surface area contributed by atoms with Crippen LogP contribution < -0.4 is 11.1 Å². The van der Waals surface area contributed by atoms with Crippen molar-refractivity contribution in [1.29, 1.82) is 0 Å². The predicted octanol–water partition coefficient (Wildman–Crippen LogP) is 2.64. The normalized spacial score (nSPS) is 13.4. The maximum atomic E-state index is 12.1. The van der Waals surface area contributed by atoms with Crippen LogP contribution >= 0.6 is 23.7 Å². The number of nitrogens with zero attached hydrogens (tertiary/aromatic N) is 2. The summed E-state index contributed by atoms with van der Waals surface area (Å²) in [6.07, 6.45) is 0.720. The first-order chi connectivity index (χ1) is 10.4. The van der Waals surface area contributed by atoms with Gasteiger partial charge >= 0.3 is 0 Å². The minimum absolute atomic E-state index is 0. The summed E-state index contributed by atoms with van der Waals surface area (Å²) in [5.74, 6) is 1.24. The topological polar surface area (TPSA) is 94.0 Å². The second-order valence-electron chi connectivity index (χ2n) is 5.81. The summed E-state index contributed by atoms with van der Waals surface area (Å²) in [4.78, 5) is 17.3. The quantitative estimate of drug-likeness (QED) is 0.793. The van der Waals surface area contributed by atoms with Gasteiger partial charge in [0.15, 0.2) is 0 Å². The molecule has 0 aliphatic heterocycles. The van der Waals surface area contributed by atoms with Crippen LogP contribution in [0.25, 0.3) is 10.7 Å². The first-order valence-corrected chi connectivity index (χ1v) is 8.20. The van der Waals surface area contributed by atoms with Crippen molar-refractivity contribution in [3.63, 3.8) is 0 Å². The van der Waals surface area contributed by atoms with Gasteiger partial charge in [-0.25, -0.2) is 0 Å². The number of amides is 1. The molecule has 0 saturated heterocycles. The van der Waals surface area contributed by atoms with Gasteiger partial charge in [-0.15, -0.1) is 23.7 Å². The summed E-state index contributed by atoms with van der Waals surface area (Å²) in [5, 5.41) is 8.88. The highest BCUT2D eigenvalue weighted by molar-refractivity contribution is 7.13. The van der Waals surface area contributed by atoms with E-state index in [4.69, 9.17) is 10.3 Å². The molecule has 23 heavy (non-hydrogen) atoms. The third-order valence-electron chi connectivity index (χ3n) is 3.90. The van der Waals surface area contributed by atoms with Crippen molar-refractivity contribution in [3.8, 4) is 10.7 Å². The lowest BCUT2D eigenvalue weighted by Gasteiger charge is -2.33. The summed E-state index contributed by atoms with van der Waals surface area (Å²) in [6.45, 7) is 6.44. The molecule has 0 aliphatic carbocycles. The molecule has 1 amide bonds. The lowest BCUT2D eigenvalue weighted by Crippen LogP contribution is -2.55. The second kappa shape index (κ2) is 8.42. The van der Waals surface area contributed by atoms with Crippen molar-refractivity contribution < 1.29 is 9.32 Å². The molecule has 2 aromatic heterocycles. The van der Waals surface area contributed by atoms with Crippen LogP contribution in [0.4, 0.5) is 0 Å². The molecule has 0 fully saturated rings. The summed E-state index contributed by atoms with van der Waals surface area (Å²) in [7, 11) is 0. The van der Waals surface area contributed by atoms with Gasteiger partial charge in [0.1, 0.15) is 0 Å². The van der Waals surface area contributed by atoms with Gasteiger partial charge in [0.25, 0.3) is 0 Å². The van der Waals surface area contributed by atoms with Crippen molar-refractivity contribution in [2.24, 2.45) is 11.7 Å². The lowest BCUT2D eigenvalue weighted by molar-refractivity contribution is -0.123. The maximum absolute atomic E-state index is 12.1. The third-order valence-corrected chi connectivity index (χ3v) is 4.76. The van der Waals surface area contributed by atoms with Crippen molar-refractivity contribution >= 4 is 29.7 Å². The highest BCUT2D eigenvalue weighted by atomic mass is 35.5. The highest BCUT2D eigenvalue weighted by Crippen LogP contribution is 2.21. The Morgan fingerprint density at radius 3 is 2.83 bits per heavy atom. The molecule has 128 valence electrons. The van der Waals surface area contributed by atoms with Gasteiger partial charge in [0.2, 0.25) is 17.6 Å². The van der Waals surface area contributed by atoms with Gasteiger partial charge in [-0.1, -0.05) is 25.1 Å². The number of carbonyl (C=O) groups excluding carboxylic acids is 1. The Hall–Kier alpha value is -1.44. The number of hydrogen-bond donors (Lipinski definition) is 2. The van der Waals surface area contributed by atoms with E-state index in [9.17, 15) is 4.79 Å². The van der Waals surface area contributed by atoms with E-state index in [-0.39, 0.29) is 24.2 Å². The molecule has 0 radical (unpaired) electrons. The molecule has 6 nitrogen and oxygen atoms in total. The summed E-state index contributed by atoms with van der Waals surface area (Å²) < 4.78 is 5.18. The molecule has 0 bridgehead atoms. The molecule has 1 unspecified atom stereocenters. The lowest BCUT2D eigenvalue weighted by atomic mass is 9.88. The van der Waals surface area contributed by atoms with Crippen molar-refractivity contribution in [2.45, 2.75) is 39.2 Å². The number of nitrogens with two attached hydrogens (primary N) is 1. The zero-order valence-electron chi connectivity index (χ0n) is 13.5. The molecule has 0 aliphatic rings. The zero-order chi connectivity index (χ0) is 16.2. The Morgan fingerprint density at radius 2 is 2.26 bits per heavy atom.